The van der Waals surface area contributed by atoms with Gasteiger partial charge >= 0.3 is 0 Å². The molecule has 1 atom stereocenters. The van der Waals surface area contributed by atoms with Gasteiger partial charge in [0.15, 0.2) is 0 Å². The summed E-state index contributed by atoms with van der Waals surface area (Å²) in [5.41, 5.74) is 2.34. The number of nitrogens with one attached hydrogen (secondary N) is 1. The van der Waals surface area contributed by atoms with Crippen LogP contribution in [0.15, 0.2) is 55.1 Å². The molecule has 0 bridgehead atoms. The zero-order chi connectivity index (χ0) is 17.8. The molecule has 0 aliphatic heterocycles. The first kappa shape index (κ1) is 16.1. The van der Waals surface area contributed by atoms with Crippen LogP contribution in [0.3, 0.4) is 0 Å². The second-order valence-corrected chi connectivity index (χ2v) is 5.40. The van der Waals surface area contributed by atoms with Gasteiger partial charge in [-0.1, -0.05) is 12.1 Å². The molecule has 1 aromatic heterocycles. The van der Waals surface area contributed by atoms with E-state index in [4.69, 9.17) is 5.26 Å². The summed E-state index contributed by atoms with van der Waals surface area (Å²) >= 11 is 0. The van der Waals surface area contributed by atoms with Crippen LogP contribution in [0.4, 0.5) is 11.4 Å². The molecule has 2 aromatic carbocycles. The van der Waals surface area contributed by atoms with Crippen molar-refractivity contribution in [1.29, 1.82) is 5.26 Å². The van der Waals surface area contributed by atoms with Crippen LogP contribution in [0, 0.1) is 21.4 Å². The van der Waals surface area contributed by atoms with Crippen LogP contribution in [-0.2, 0) is 0 Å². The van der Waals surface area contributed by atoms with Crippen molar-refractivity contribution < 1.29 is 4.92 Å². The third-order valence-corrected chi connectivity index (χ3v) is 3.77. The van der Waals surface area contributed by atoms with Crippen LogP contribution in [-0.4, -0.2) is 19.7 Å². The van der Waals surface area contributed by atoms with Gasteiger partial charge in [-0.15, -0.1) is 0 Å². The maximum atomic E-state index is 11.2. The molecule has 1 N–H and O–H groups in total. The summed E-state index contributed by atoms with van der Waals surface area (Å²) in [5, 5.41) is 27.3. The smallest absolute Gasteiger partial charge is 0.293 e. The molecule has 3 aromatic rings. The van der Waals surface area contributed by atoms with Gasteiger partial charge in [-0.2, -0.15) is 10.4 Å². The standard InChI is InChI=1S/C17H14N6O2/c1-12(14-3-5-15(6-4-14)22-11-19-10-20-22)21-16-7-2-13(9-18)8-17(16)23(24)25/h2-8,10-12,21H,1H3. The first-order chi connectivity index (χ1) is 12.1. The Morgan fingerprint density at radius 3 is 2.64 bits per heavy atom. The third kappa shape index (κ3) is 3.45. The Hall–Kier alpha value is -3.73. The monoisotopic (exact) mass is 334 g/mol. The van der Waals surface area contributed by atoms with Gasteiger partial charge in [-0.25, -0.2) is 9.67 Å². The van der Waals surface area contributed by atoms with Crippen molar-refractivity contribution >= 4 is 11.4 Å². The summed E-state index contributed by atoms with van der Waals surface area (Å²) in [4.78, 5) is 14.6. The quantitative estimate of drug-likeness (QED) is 0.566. The van der Waals surface area contributed by atoms with Crippen LogP contribution in [0.25, 0.3) is 5.69 Å². The lowest BCUT2D eigenvalue weighted by atomic mass is 10.1. The third-order valence-electron chi connectivity index (χ3n) is 3.77. The topological polar surface area (TPSA) is 110 Å². The van der Waals surface area contributed by atoms with Gasteiger partial charge in [0.25, 0.3) is 5.69 Å². The second kappa shape index (κ2) is 6.80. The van der Waals surface area contributed by atoms with E-state index in [1.165, 1.54) is 12.4 Å². The predicted octanol–water partition coefficient (Wildman–Crippen LogP) is 3.22. The summed E-state index contributed by atoms with van der Waals surface area (Å²) in [7, 11) is 0. The molecule has 0 radical (unpaired) electrons. The van der Waals surface area contributed by atoms with Crippen molar-refractivity contribution in [2.24, 2.45) is 0 Å². The summed E-state index contributed by atoms with van der Waals surface area (Å²) in [5.74, 6) is 0. The average Bonchev–Trinajstić information content (AvgIpc) is 3.16. The molecular formula is C17H14N6O2. The number of nitro groups is 1. The Morgan fingerprint density at radius 2 is 2.04 bits per heavy atom. The van der Waals surface area contributed by atoms with Crippen molar-refractivity contribution in [3.8, 4) is 11.8 Å². The summed E-state index contributed by atoms with van der Waals surface area (Å²) < 4.78 is 1.65. The van der Waals surface area contributed by atoms with E-state index in [2.05, 4.69) is 15.4 Å². The summed E-state index contributed by atoms with van der Waals surface area (Å²) in [6.45, 7) is 1.91. The Kier molecular flexibility index (Phi) is 4.39. The lowest BCUT2D eigenvalue weighted by molar-refractivity contribution is -0.384. The summed E-state index contributed by atoms with van der Waals surface area (Å²) in [6, 6.07) is 13.8. The van der Waals surface area contributed by atoms with Crippen molar-refractivity contribution in [3.05, 3.63) is 76.4 Å². The molecule has 25 heavy (non-hydrogen) atoms. The Morgan fingerprint density at radius 1 is 1.28 bits per heavy atom. The number of anilines is 1. The largest absolute Gasteiger partial charge is 0.373 e. The van der Waals surface area contributed by atoms with Crippen molar-refractivity contribution in [2.75, 3.05) is 5.32 Å². The minimum atomic E-state index is -0.496. The van der Waals surface area contributed by atoms with E-state index < -0.39 is 4.92 Å². The van der Waals surface area contributed by atoms with Gasteiger partial charge in [0.05, 0.1) is 22.2 Å². The maximum Gasteiger partial charge on any atom is 0.293 e. The first-order valence-corrected chi connectivity index (χ1v) is 7.48. The number of aromatic nitrogens is 3. The number of nitriles is 1. The average molecular weight is 334 g/mol. The molecule has 3 rings (SSSR count). The van der Waals surface area contributed by atoms with Crippen molar-refractivity contribution in [1.82, 2.24) is 14.8 Å². The fourth-order valence-electron chi connectivity index (χ4n) is 2.45. The van der Waals surface area contributed by atoms with Crippen LogP contribution >= 0.6 is 0 Å². The van der Waals surface area contributed by atoms with Crippen molar-refractivity contribution in [3.63, 3.8) is 0 Å². The van der Waals surface area contributed by atoms with Crippen molar-refractivity contribution in [2.45, 2.75) is 13.0 Å². The van der Waals surface area contributed by atoms with Crippen LogP contribution in [0.1, 0.15) is 24.1 Å². The molecule has 0 fully saturated rings. The lowest BCUT2D eigenvalue weighted by Gasteiger charge is -2.16. The van der Waals surface area contributed by atoms with E-state index >= 15 is 0 Å². The Balaban J connectivity index is 1.82. The van der Waals surface area contributed by atoms with Crippen LogP contribution in [0.2, 0.25) is 0 Å². The molecule has 1 unspecified atom stereocenters. The maximum absolute atomic E-state index is 11.2. The van der Waals surface area contributed by atoms with Crippen LogP contribution < -0.4 is 5.32 Å². The van der Waals surface area contributed by atoms with Gasteiger partial charge in [0, 0.05) is 12.1 Å². The molecule has 0 amide bonds. The number of rotatable bonds is 5. The SMILES string of the molecule is CC(Nc1ccc(C#N)cc1[N+](=O)[O-])c1ccc(-n2cncn2)cc1. The van der Waals surface area contributed by atoms with E-state index in [1.54, 1.807) is 23.1 Å². The van der Waals surface area contributed by atoms with E-state index in [1.807, 2.05) is 37.3 Å². The predicted molar refractivity (Wildman–Crippen MR) is 91.2 cm³/mol. The highest BCUT2D eigenvalue weighted by atomic mass is 16.6. The number of hydrogen-bond donors (Lipinski definition) is 1. The van der Waals surface area contributed by atoms with Crippen LogP contribution in [0.5, 0.6) is 0 Å². The molecule has 8 nitrogen and oxygen atoms in total. The molecule has 8 heteroatoms. The number of hydrogen-bond acceptors (Lipinski definition) is 6. The molecule has 0 aliphatic rings. The second-order valence-electron chi connectivity index (χ2n) is 5.40. The minimum Gasteiger partial charge on any atom is -0.373 e. The van der Waals surface area contributed by atoms with E-state index in [9.17, 15) is 10.1 Å². The molecule has 124 valence electrons. The number of nitro benzene ring substituents is 1. The molecule has 0 saturated heterocycles. The molecule has 0 aliphatic carbocycles. The Labute approximate surface area is 143 Å². The van der Waals surface area contributed by atoms with E-state index in [0.717, 1.165) is 11.3 Å². The van der Waals surface area contributed by atoms with Gasteiger partial charge in [-0.3, -0.25) is 10.1 Å². The fraction of sp³-hybridized carbons (Fsp3) is 0.118. The molecular weight excluding hydrogens is 320 g/mol. The zero-order valence-electron chi connectivity index (χ0n) is 13.3. The lowest BCUT2D eigenvalue weighted by Crippen LogP contribution is -2.09. The van der Waals surface area contributed by atoms with E-state index in [0.29, 0.717) is 5.69 Å². The van der Waals surface area contributed by atoms with Gasteiger partial charge in [0.1, 0.15) is 18.3 Å². The highest BCUT2D eigenvalue weighted by Gasteiger charge is 2.17. The van der Waals surface area contributed by atoms with Gasteiger partial charge in [0.2, 0.25) is 0 Å². The minimum absolute atomic E-state index is 0.120. The number of benzene rings is 2. The molecule has 1 heterocycles. The zero-order valence-corrected chi connectivity index (χ0v) is 13.3. The Bertz CT molecular complexity index is 929. The van der Waals surface area contributed by atoms with E-state index in [-0.39, 0.29) is 17.3 Å². The van der Waals surface area contributed by atoms with Gasteiger partial charge < -0.3 is 5.32 Å². The number of nitrogens with zero attached hydrogens (tertiary/aromatic N) is 5. The highest BCUT2D eigenvalue weighted by molar-refractivity contribution is 5.64. The summed E-state index contributed by atoms with van der Waals surface area (Å²) in [6.07, 6.45) is 3.07. The van der Waals surface area contributed by atoms with Gasteiger partial charge in [-0.05, 0) is 36.8 Å². The molecule has 0 saturated carbocycles. The molecule has 0 spiro atoms. The normalized spacial score (nSPS) is 11.5. The highest BCUT2D eigenvalue weighted by Crippen LogP contribution is 2.29. The fourth-order valence-corrected chi connectivity index (χ4v) is 2.45. The first-order valence-electron chi connectivity index (χ1n) is 7.48.